The fourth-order valence-electron chi connectivity index (χ4n) is 0.400. The Bertz CT molecular complexity index is 142. The third-order valence-corrected chi connectivity index (χ3v) is 0.765. The van der Waals surface area contributed by atoms with Crippen LogP contribution >= 0.6 is 0 Å². The first-order chi connectivity index (χ1) is 5.29. The van der Waals surface area contributed by atoms with Crippen molar-refractivity contribution >= 4 is 12.1 Å². The Morgan fingerprint density at radius 3 is 1.08 bits per heavy atom. The van der Waals surface area contributed by atoms with Crippen LogP contribution in [0.15, 0.2) is 0 Å². The van der Waals surface area contributed by atoms with Gasteiger partial charge < -0.3 is 21.3 Å². The number of carbonyl (C=O) groups is 2. The van der Waals surface area contributed by atoms with Gasteiger partial charge in [-0.1, -0.05) is 0 Å². The number of primary amides is 2. The van der Waals surface area contributed by atoms with Crippen LogP contribution in [-0.4, -0.2) is 50.1 Å². The summed E-state index contributed by atoms with van der Waals surface area (Å²) in [5.74, 6) is 0. The standard InChI is InChI=1S/C5H12N2O.CH4N2O/c1-6(2)5(8)7(3)4;2-1(3)4/h1-4H3;(H4,2,3,4). The highest BCUT2D eigenvalue weighted by molar-refractivity contribution is 5.73. The molecule has 12 heavy (non-hydrogen) atoms. The zero-order valence-corrected chi connectivity index (χ0v) is 7.87. The maximum atomic E-state index is 10.7. The highest BCUT2D eigenvalue weighted by atomic mass is 16.2. The van der Waals surface area contributed by atoms with Crippen LogP contribution in [0.25, 0.3) is 0 Å². The summed E-state index contributed by atoms with van der Waals surface area (Å²) in [7, 11) is 6.90. The molecule has 4 amide bonds. The Morgan fingerprint density at radius 2 is 1.08 bits per heavy atom. The zero-order valence-electron chi connectivity index (χ0n) is 7.87. The summed E-state index contributed by atoms with van der Waals surface area (Å²) in [4.78, 5) is 22.8. The molecule has 0 spiro atoms. The summed E-state index contributed by atoms with van der Waals surface area (Å²) < 4.78 is 0. The minimum absolute atomic E-state index is 0.0185. The van der Waals surface area contributed by atoms with Gasteiger partial charge in [-0.05, 0) is 0 Å². The monoisotopic (exact) mass is 176 g/mol. The average Bonchev–Trinajstić information content (AvgIpc) is 1.84. The van der Waals surface area contributed by atoms with E-state index in [1.54, 1.807) is 28.2 Å². The second-order valence-corrected chi connectivity index (χ2v) is 2.47. The molecule has 0 aliphatic carbocycles. The predicted octanol–water partition coefficient (Wildman–Crippen LogP) is -0.747. The second kappa shape index (κ2) is 6.26. The molecule has 0 aromatic heterocycles. The normalized spacial score (nSPS) is 7.67. The van der Waals surface area contributed by atoms with Gasteiger partial charge in [0, 0.05) is 28.2 Å². The zero-order chi connectivity index (χ0) is 10.3. The van der Waals surface area contributed by atoms with Crippen molar-refractivity contribution in [2.45, 2.75) is 0 Å². The number of hydrogen-bond donors (Lipinski definition) is 2. The van der Waals surface area contributed by atoms with E-state index in [0.29, 0.717) is 0 Å². The molecule has 0 unspecified atom stereocenters. The lowest BCUT2D eigenvalue weighted by molar-refractivity contribution is 0.191. The van der Waals surface area contributed by atoms with Crippen LogP contribution < -0.4 is 11.5 Å². The van der Waals surface area contributed by atoms with Crippen molar-refractivity contribution in [2.24, 2.45) is 11.5 Å². The summed E-state index contributed by atoms with van der Waals surface area (Å²) in [5, 5.41) is 0. The van der Waals surface area contributed by atoms with Gasteiger partial charge in [0.05, 0.1) is 0 Å². The Balaban J connectivity index is 0. The van der Waals surface area contributed by atoms with Crippen molar-refractivity contribution in [1.82, 2.24) is 9.80 Å². The second-order valence-electron chi connectivity index (χ2n) is 2.47. The highest BCUT2D eigenvalue weighted by Gasteiger charge is 2.02. The molecular weight excluding hydrogens is 160 g/mol. The number of hydrogen-bond acceptors (Lipinski definition) is 2. The molecule has 0 fully saturated rings. The van der Waals surface area contributed by atoms with Gasteiger partial charge in [-0.15, -0.1) is 0 Å². The molecule has 0 saturated carbocycles. The molecule has 4 N–H and O–H groups in total. The van der Waals surface area contributed by atoms with E-state index in [4.69, 9.17) is 4.79 Å². The maximum Gasteiger partial charge on any atom is 0.318 e. The molecule has 6 heteroatoms. The van der Waals surface area contributed by atoms with Crippen LogP contribution in [0.3, 0.4) is 0 Å². The van der Waals surface area contributed by atoms with Crippen molar-refractivity contribution in [3.05, 3.63) is 0 Å². The molecule has 0 aliphatic heterocycles. The molecule has 0 aromatic rings. The predicted molar refractivity (Wildman–Crippen MR) is 46.5 cm³/mol. The minimum Gasteiger partial charge on any atom is -0.352 e. The summed E-state index contributed by atoms with van der Waals surface area (Å²) in [5.41, 5.74) is 8.50. The Hall–Kier alpha value is -1.46. The van der Waals surface area contributed by atoms with E-state index in [0.717, 1.165) is 0 Å². The van der Waals surface area contributed by atoms with Gasteiger partial charge >= 0.3 is 12.1 Å². The van der Waals surface area contributed by atoms with Crippen LogP contribution in [-0.2, 0) is 0 Å². The van der Waals surface area contributed by atoms with Crippen molar-refractivity contribution in [1.29, 1.82) is 0 Å². The first-order valence-corrected chi connectivity index (χ1v) is 3.22. The summed E-state index contributed by atoms with van der Waals surface area (Å²) in [6.45, 7) is 0. The first-order valence-electron chi connectivity index (χ1n) is 3.22. The quantitative estimate of drug-likeness (QED) is 0.508. The summed E-state index contributed by atoms with van der Waals surface area (Å²) in [6.07, 6.45) is 0. The lowest BCUT2D eigenvalue weighted by Gasteiger charge is -2.16. The van der Waals surface area contributed by atoms with Crippen molar-refractivity contribution in [2.75, 3.05) is 28.2 Å². The molecule has 0 rings (SSSR count). The summed E-state index contributed by atoms with van der Waals surface area (Å²) in [6, 6.07) is -0.815. The van der Waals surface area contributed by atoms with Gasteiger partial charge in [0.15, 0.2) is 0 Å². The molecule has 6 nitrogen and oxygen atoms in total. The Kier molecular flexibility index (Phi) is 6.86. The third kappa shape index (κ3) is 11.4. The smallest absolute Gasteiger partial charge is 0.318 e. The number of amides is 4. The van der Waals surface area contributed by atoms with Crippen LogP contribution in [0.5, 0.6) is 0 Å². The van der Waals surface area contributed by atoms with E-state index in [-0.39, 0.29) is 6.03 Å². The largest absolute Gasteiger partial charge is 0.352 e. The lowest BCUT2D eigenvalue weighted by atomic mass is 10.7. The molecule has 0 heterocycles. The topological polar surface area (TPSA) is 92.7 Å². The van der Waals surface area contributed by atoms with E-state index < -0.39 is 6.03 Å². The van der Waals surface area contributed by atoms with Crippen LogP contribution in [0, 0.1) is 0 Å². The van der Waals surface area contributed by atoms with Gasteiger partial charge in [0.1, 0.15) is 0 Å². The van der Waals surface area contributed by atoms with Gasteiger partial charge in [-0.2, -0.15) is 0 Å². The van der Waals surface area contributed by atoms with Crippen molar-refractivity contribution in [3.63, 3.8) is 0 Å². The van der Waals surface area contributed by atoms with Crippen molar-refractivity contribution < 1.29 is 9.59 Å². The van der Waals surface area contributed by atoms with E-state index in [2.05, 4.69) is 11.5 Å². The molecule has 0 bridgehead atoms. The first kappa shape index (κ1) is 13.2. The van der Waals surface area contributed by atoms with Gasteiger partial charge in [-0.3, -0.25) is 0 Å². The van der Waals surface area contributed by atoms with Gasteiger partial charge in [0.2, 0.25) is 0 Å². The Morgan fingerprint density at radius 1 is 0.917 bits per heavy atom. The highest BCUT2D eigenvalue weighted by Crippen LogP contribution is 1.83. The van der Waals surface area contributed by atoms with E-state index in [1.165, 1.54) is 9.80 Å². The Labute approximate surface area is 72.1 Å². The molecule has 0 atom stereocenters. The number of nitrogens with two attached hydrogens (primary N) is 2. The SMILES string of the molecule is CN(C)C(=O)N(C)C.NC(N)=O. The van der Waals surface area contributed by atoms with E-state index in [9.17, 15) is 4.79 Å². The maximum absolute atomic E-state index is 10.7. The number of urea groups is 2. The molecule has 0 aliphatic rings. The van der Waals surface area contributed by atoms with Crippen LogP contribution in [0.4, 0.5) is 9.59 Å². The average molecular weight is 176 g/mol. The molecule has 0 saturated heterocycles. The molecule has 72 valence electrons. The number of rotatable bonds is 0. The van der Waals surface area contributed by atoms with Crippen LogP contribution in [0.1, 0.15) is 0 Å². The third-order valence-electron chi connectivity index (χ3n) is 0.765. The number of nitrogens with zero attached hydrogens (tertiary/aromatic N) is 2. The minimum atomic E-state index is -0.833. The van der Waals surface area contributed by atoms with E-state index >= 15 is 0 Å². The fourth-order valence-corrected chi connectivity index (χ4v) is 0.400. The van der Waals surface area contributed by atoms with E-state index in [1.807, 2.05) is 0 Å². The van der Waals surface area contributed by atoms with Crippen molar-refractivity contribution in [3.8, 4) is 0 Å². The number of carbonyl (C=O) groups excluding carboxylic acids is 2. The fraction of sp³-hybridized carbons (Fsp3) is 0.667. The van der Waals surface area contributed by atoms with Gasteiger partial charge in [0.25, 0.3) is 0 Å². The van der Waals surface area contributed by atoms with Crippen LogP contribution in [0.2, 0.25) is 0 Å². The molecule has 0 aromatic carbocycles. The molecule has 0 radical (unpaired) electrons. The molecular formula is C6H16N4O2. The van der Waals surface area contributed by atoms with Gasteiger partial charge in [-0.25, -0.2) is 9.59 Å². The lowest BCUT2D eigenvalue weighted by Crippen LogP contribution is -2.33. The summed E-state index contributed by atoms with van der Waals surface area (Å²) >= 11 is 0.